The topological polar surface area (TPSA) is 49.4 Å². The van der Waals surface area contributed by atoms with Gasteiger partial charge >= 0.3 is 0 Å². The van der Waals surface area contributed by atoms with Crippen LogP contribution < -0.4 is 5.32 Å². The number of amides is 2. The first-order valence-corrected chi connectivity index (χ1v) is 9.92. The van der Waals surface area contributed by atoms with Crippen LogP contribution in [-0.2, 0) is 22.6 Å². The molecule has 0 fully saturated rings. The fourth-order valence-corrected chi connectivity index (χ4v) is 3.08. The zero-order valence-electron chi connectivity index (χ0n) is 16.6. The molecule has 0 saturated heterocycles. The largest absolute Gasteiger partial charge is 0.350 e. The van der Waals surface area contributed by atoms with Crippen molar-refractivity contribution < 1.29 is 9.59 Å². The monoisotopic (exact) mass is 420 g/mol. The van der Waals surface area contributed by atoms with Crippen molar-refractivity contribution in [3.63, 3.8) is 0 Å². The van der Waals surface area contributed by atoms with Crippen molar-refractivity contribution in [1.82, 2.24) is 10.2 Å². The zero-order chi connectivity index (χ0) is 20.9. The fraction of sp³-hybridized carbons (Fsp3) is 0.364. The van der Waals surface area contributed by atoms with Crippen molar-refractivity contribution in [3.8, 4) is 0 Å². The van der Waals surface area contributed by atoms with E-state index in [1.54, 1.807) is 30.0 Å². The molecule has 2 amide bonds. The molecule has 28 heavy (non-hydrogen) atoms. The van der Waals surface area contributed by atoms with Crippen LogP contribution in [0.4, 0.5) is 0 Å². The summed E-state index contributed by atoms with van der Waals surface area (Å²) in [4.78, 5) is 27.4. The van der Waals surface area contributed by atoms with Gasteiger partial charge in [0.1, 0.15) is 6.04 Å². The van der Waals surface area contributed by atoms with Crippen LogP contribution in [0.5, 0.6) is 0 Å². The minimum atomic E-state index is -0.634. The molecule has 0 aliphatic carbocycles. The van der Waals surface area contributed by atoms with Gasteiger partial charge in [-0.15, -0.1) is 0 Å². The molecule has 2 aromatic carbocycles. The van der Waals surface area contributed by atoms with Crippen LogP contribution in [0.25, 0.3) is 0 Å². The van der Waals surface area contributed by atoms with E-state index in [1.807, 2.05) is 51.1 Å². The quantitative estimate of drug-likeness (QED) is 0.724. The second kappa shape index (κ2) is 9.44. The molecule has 0 bridgehead atoms. The lowest BCUT2D eigenvalue weighted by molar-refractivity contribution is -0.140. The van der Waals surface area contributed by atoms with E-state index in [-0.39, 0.29) is 23.8 Å². The van der Waals surface area contributed by atoms with Crippen LogP contribution >= 0.6 is 23.2 Å². The number of benzene rings is 2. The third-order valence-corrected chi connectivity index (χ3v) is 4.85. The number of hydrogen-bond acceptors (Lipinski definition) is 2. The molecule has 0 aliphatic rings. The molecule has 150 valence electrons. The van der Waals surface area contributed by atoms with E-state index in [4.69, 9.17) is 23.2 Å². The molecule has 0 spiro atoms. The molecule has 1 atom stereocenters. The Kier molecular flexibility index (Phi) is 7.50. The first kappa shape index (κ1) is 22.3. The van der Waals surface area contributed by atoms with E-state index in [1.165, 1.54) is 0 Å². The number of hydrogen-bond donors (Lipinski definition) is 1. The predicted octanol–water partition coefficient (Wildman–Crippen LogP) is 4.87. The van der Waals surface area contributed by atoms with Crippen LogP contribution in [0.3, 0.4) is 0 Å². The SMILES string of the molecule is C[C@H](C(=O)NC(C)(C)C)N(Cc1ccc(Cl)cc1)C(=O)Cc1ccccc1Cl. The smallest absolute Gasteiger partial charge is 0.242 e. The second-order valence-electron chi connectivity index (χ2n) is 7.83. The Morgan fingerprint density at radius 2 is 1.64 bits per heavy atom. The minimum Gasteiger partial charge on any atom is -0.350 e. The Balaban J connectivity index is 2.26. The van der Waals surface area contributed by atoms with Gasteiger partial charge in [-0.1, -0.05) is 53.5 Å². The predicted molar refractivity (Wildman–Crippen MR) is 115 cm³/mol. The molecule has 0 unspecified atom stereocenters. The van der Waals surface area contributed by atoms with Gasteiger partial charge in [-0.3, -0.25) is 9.59 Å². The molecule has 0 aromatic heterocycles. The summed E-state index contributed by atoms with van der Waals surface area (Å²) < 4.78 is 0. The minimum absolute atomic E-state index is 0.125. The van der Waals surface area contributed by atoms with Gasteiger partial charge < -0.3 is 10.2 Å². The van der Waals surface area contributed by atoms with Gasteiger partial charge in [0.25, 0.3) is 0 Å². The third-order valence-electron chi connectivity index (χ3n) is 4.23. The summed E-state index contributed by atoms with van der Waals surface area (Å²) in [6.45, 7) is 7.77. The van der Waals surface area contributed by atoms with Gasteiger partial charge in [-0.25, -0.2) is 0 Å². The Hall–Kier alpha value is -2.04. The lowest BCUT2D eigenvalue weighted by Crippen LogP contribution is -2.52. The van der Waals surface area contributed by atoms with E-state index >= 15 is 0 Å². The van der Waals surface area contributed by atoms with Crippen LogP contribution in [0, 0.1) is 0 Å². The molecule has 2 rings (SSSR count). The first-order chi connectivity index (χ1) is 13.1. The van der Waals surface area contributed by atoms with Crippen LogP contribution in [0.1, 0.15) is 38.8 Å². The summed E-state index contributed by atoms with van der Waals surface area (Å²) in [6.07, 6.45) is 0.125. The summed E-state index contributed by atoms with van der Waals surface area (Å²) >= 11 is 12.2. The highest BCUT2D eigenvalue weighted by Crippen LogP contribution is 2.19. The lowest BCUT2D eigenvalue weighted by atomic mass is 10.1. The standard InChI is InChI=1S/C22H26Cl2N2O2/c1-15(21(28)25-22(2,3)4)26(14-16-9-11-18(23)12-10-16)20(27)13-17-7-5-6-8-19(17)24/h5-12,15H,13-14H2,1-4H3,(H,25,28)/t15-/m1/s1. The number of rotatable bonds is 6. The number of carbonyl (C=O) groups is 2. The van der Waals surface area contributed by atoms with Gasteiger partial charge in [-0.05, 0) is 57.0 Å². The maximum absolute atomic E-state index is 13.1. The Bertz CT molecular complexity index is 829. The summed E-state index contributed by atoms with van der Waals surface area (Å²) in [5.74, 6) is -0.367. The summed E-state index contributed by atoms with van der Waals surface area (Å²) in [5.41, 5.74) is 1.24. The maximum Gasteiger partial charge on any atom is 0.242 e. The normalized spacial score (nSPS) is 12.4. The van der Waals surface area contributed by atoms with E-state index < -0.39 is 6.04 Å². The molecule has 0 saturated carbocycles. The van der Waals surface area contributed by atoms with Gasteiger partial charge in [-0.2, -0.15) is 0 Å². The highest BCUT2D eigenvalue weighted by molar-refractivity contribution is 6.31. The number of nitrogens with zero attached hydrogens (tertiary/aromatic N) is 1. The molecule has 4 nitrogen and oxygen atoms in total. The van der Waals surface area contributed by atoms with E-state index in [0.717, 1.165) is 11.1 Å². The first-order valence-electron chi connectivity index (χ1n) is 9.16. The van der Waals surface area contributed by atoms with E-state index in [0.29, 0.717) is 16.6 Å². The second-order valence-corrected chi connectivity index (χ2v) is 8.68. The third kappa shape index (κ3) is 6.54. The number of nitrogens with one attached hydrogen (secondary N) is 1. The summed E-state index contributed by atoms with van der Waals surface area (Å²) in [7, 11) is 0. The Morgan fingerprint density at radius 3 is 2.21 bits per heavy atom. The van der Waals surface area contributed by atoms with E-state index in [2.05, 4.69) is 5.32 Å². The molecular weight excluding hydrogens is 395 g/mol. The highest BCUT2D eigenvalue weighted by Gasteiger charge is 2.28. The number of halogens is 2. The lowest BCUT2D eigenvalue weighted by Gasteiger charge is -2.31. The average molecular weight is 421 g/mol. The zero-order valence-corrected chi connectivity index (χ0v) is 18.1. The summed E-state index contributed by atoms with van der Waals surface area (Å²) in [6, 6.07) is 13.9. The average Bonchev–Trinajstić information content (AvgIpc) is 2.61. The van der Waals surface area contributed by atoms with Crippen LogP contribution in [-0.4, -0.2) is 28.3 Å². The Morgan fingerprint density at radius 1 is 1.04 bits per heavy atom. The maximum atomic E-state index is 13.1. The molecule has 2 aromatic rings. The van der Waals surface area contributed by atoms with Crippen molar-refractivity contribution in [2.24, 2.45) is 0 Å². The highest BCUT2D eigenvalue weighted by atomic mass is 35.5. The fourth-order valence-electron chi connectivity index (χ4n) is 2.75. The van der Waals surface area contributed by atoms with Gasteiger partial charge in [0.05, 0.1) is 6.42 Å². The molecule has 6 heteroatoms. The Labute approximate surface area is 176 Å². The van der Waals surface area contributed by atoms with Gasteiger partial charge in [0.2, 0.25) is 11.8 Å². The van der Waals surface area contributed by atoms with Crippen molar-refractivity contribution in [2.45, 2.75) is 52.2 Å². The molecule has 0 aliphatic heterocycles. The van der Waals surface area contributed by atoms with E-state index in [9.17, 15) is 9.59 Å². The number of carbonyl (C=O) groups excluding carboxylic acids is 2. The molecule has 0 radical (unpaired) electrons. The summed E-state index contributed by atoms with van der Waals surface area (Å²) in [5, 5.41) is 4.10. The van der Waals surface area contributed by atoms with Crippen molar-refractivity contribution in [3.05, 3.63) is 69.7 Å². The van der Waals surface area contributed by atoms with Crippen molar-refractivity contribution >= 4 is 35.0 Å². The van der Waals surface area contributed by atoms with Crippen molar-refractivity contribution in [2.75, 3.05) is 0 Å². The van der Waals surface area contributed by atoms with Crippen molar-refractivity contribution in [1.29, 1.82) is 0 Å². The molecular formula is C22H26Cl2N2O2. The van der Waals surface area contributed by atoms with Crippen LogP contribution in [0.2, 0.25) is 10.0 Å². The molecule has 1 N–H and O–H groups in total. The van der Waals surface area contributed by atoms with Gasteiger partial charge in [0, 0.05) is 22.1 Å². The van der Waals surface area contributed by atoms with Crippen LogP contribution in [0.15, 0.2) is 48.5 Å². The molecule has 0 heterocycles. The van der Waals surface area contributed by atoms with Gasteiger partial charge in [0.15, 0.2) is 0 Å².